The number of rotatable bonds is 1. The van der Waals surface area contributed by atoms with E-state index < -0.39 is 0 Å². The van der Waals surface area contributed by atoms with E-state index in [-0.39, 0.29) is 5.91 Å². The summed E-state index contributed by atoms with van der Waals surface area (Å²) in [4.78, 5) is 14.3. The lowest BCUT2D eigenvalue weighted by atomic mass is 10.0. The summed E-state index contributed by atoms with van der Waals surface area (Å²) in [6.07, 6.45) is 1.92. The van der Waals surface area contributed by atoms with Crippen molar-refractivity contribution in [1.82, 2.24) is 0 Å². The molecule has 0 atom stereocenters. The molecular weight excluding hydrogens is 276 g/mol. The van der Waals surface area contributed by atoms with Gasteiger partial charge in [0.1, 0.15) is 12.4 Å². The molecule has 4 rings (SSSR count). The number of carbonyl (C=O) groups excluding carboxylic acids is 1. The Balaban J connectivity index is 1.76. The highest BCUT2D eigenvalue weighted by molar-refractivity contribution is 6.34. The molecule has 4 heteroatoms. The number of hydrogen-bond acceptors (Lipinski definition) is 3. The lowest BCUT2D eigenvalue weighted by Gasteiger charge is -2.27. The summed E-state index contributed by atoms with van der Waals surface area (Å²) in [5.41, 5.74) is 4.57. The van der Waals surface area contributed by atoms with E-state index in [4.69, 9.17) is 4.74 Å². The number of likely N-dealkylation sites (N-methyl/N-ethyl adjacent to an activating group) is 1. The molecule has 0 saturated carbocycles. The second-order valence-electron chi connectivity index (χ2n) is 5.55. The quantitative estimate of drug-likeness (QED) is 0.822. The molecule has 0 radical (unpaired) electrons. The summed E-state index contributed by atoms with van der Waals surface area (Å²) >= 11 is 0. The van der Waals surface area contributed by atoms with Crippen LogP contribution in [-0.4, -0.2) is 26.1 Å². The maximum absolute atomic E-state index is 12.2. The highest BCUT2D eigenvalue weighted by Gasteiger charge is 2.23. The fraction of sp³-hybridized carbons (Fsp3) is 0.167. The molecule has 110 valence electrons. The molecule has 2 aromatic rings. The summed E-state index contributed by atoms with van der Waals surface area (Å²) < 4.78 is 5.72. The third-order valence-corrected chi connectivity index (χ3v) is 4.10. The third kappa shape index (κ3) is 2.04. The maximum atomic E-state index is 12.2. The standard InChI is InChI=1S/C18H16N2O2/c1-20-8-9-22-17-11-12(6-7-16(17)20)10-14-13-4-2-3-5-15(13)19-18(14)21/h2-7,10-11H,8-9H2,1H3,(H,19,21). The van der Waals surface area contributed by atoms with Gasteiger partial charge in [0, 0.05) is 23.9 Å². The van der Waals surface area contributed by atoms with Crippen LogP contribution in [0.3, 0.4) is 0 Å². The van der Waals surface area contributed by atoms with E-state index in [1.54, 1.807) is 0 Å². The van der Waals surface area contributed by atoms with E-state index in [0.717, 1.165) is 34.8 Å². The fourth-order valence-electron chi connectivity index (χ4n) is 2.91. The molecular formula is C18H16N2O2. The zero-order valence-corrected chi connectivity index (χ0v) is 12.3. The van der Waals surface area contributed by atoms with Gasteiger partial charge in [-0.1, -0.05) is 24.3 Å². The van der Waals surface area contributed by atoms with Gasteiger partial charge >= 0.3 is 0 Å². The average Bonchev–Trinajstić information content (AvgIpc) is 2.84. The summed E-state index contributed by atoms with van der Waals surface area (Å²) in [6, 6.07) is 13.8. The van der Waals surface area contributed by atoms with Crippen molar-refractivity contribution in [2.45, 2.75) is 0 Å². The van der Waals surface area contributed by atoms with Crippen LogP contribution in [0.5, 0.6) is 5.75 Å². The molecule has 0 fully saturated rings. The Labute approximate surface area is 129 Å². The predicted octanol–water partition coefficient (Wildman–Crippen LogP) is 3.01. The van der Waals surface area contributed by atoms with Crippen molar-refractivity contribution >= 4 is 28.9 Å². The zero-order chi connectivity index (χ0) is 15.1. The van der Waals surface area contributed by atoms with Crippen LogP contribution in [0.1, 0.15) is 11.1 Å². The van der Waals surface area contributed by atoms with Gasteiger partial charge in [0.05, 0.1) is 12.2 Å². The Bertz CT molecular complexity index is 795. The van der Waals surface area contributed by atoms with Crippen LogP contribution in [0.2, 0.25) is 0 Å². The van der Waals surface area contributed by atoms with Gasteiger partial charge in [-0.15, -0.1) is 0 Å². The first-order valence-electron chi connectivity index (χ1n) is 7.33. The summed E-state index contributed by atoms with van der Waals surface area (Å²) in [7, 11) is 2.06. The van der Waals surface area contributed by atoms with Crippen molar-refractivity contribution < 1.29 is 9.53 Å². The molecule has 0 bridgehead atoms. The lowest BCUT2D eigenvalue weighted by molar-refractivity contribution is -0.110. The van der Waals surface area contributed by atoms with Gasteiger partial charge < -0.3 is 15.0 Å². The molecule has 0 saturated heterocycles. The number of para-hydroxylation sites is 1. The van der Waals surface area contributed by atoms with E-state index in [2.05, 4.69) is 17.3 Å². The molecule has 1 amide bonds. The van der Waals surface area contributed by atoms with Crippen molar-refractivity contribution in [3.8, 4) is 5.75 Å². The molecule has 0 aromatic heterocycles. The largest absolute Gasteiger partial charge is 0.490 e. The van der Waals surface area contributed by atoms with Crippen molar-refractivity contribution in [3.05, 3.63) is 53.6 Å². The number of ether oxygens (including phenoxy) is 1. The number of nitrogens with zero attached hydrogens (tertiary/aromatic N) is 1. The van der Waals surface area contributed by atoms with Gasteiger partial charge in [-0.25, -0.2) is 0 Å². The Morgan fingerprint density at radius 2 is 2.09 bits per heavy atom. The number of amides is 1. The highest BCUT2D eigenvalue weighted by atomic mass is 16.5. The molecule has 0 spiro atoms. The molecule has 2 aliphatic heterocycles. The van der Waals surface area contributed by atoms with Crippen LogP contribution in [0, 0.1) is 0 Å². The van der Waals surface area contributed by atoms with E-state index in [9.17, 15) is 4.79 Å². The number of carbonyl (C=O) groups is 1. The van der Waals surface area contributed by atoms with Crippen molar-refractivity contribution in [2.24, 2.45) is 0 Å². The first-order chi connectivity index (χ1) is 10.7. The molecule has 2 heterocycles. The second-order valence-corrected chi connectivity index (χ2v) is 5.55. The van der Waals surface area contributed by atoms with Crippen LogP contribution in [0.25, 0.3) is 11.6 Å². The molecule has 2 aromatic carbocycles. The summed E-state index contributed by atoms with van der Waals surface area (Å²) in [6.45, 7) is 1.58. The van der Waals surface area contributed by atoms with Gasteiger partial charge in [0.2, 0.25) is 0 Å². The molecule has 2 aliphatic rings. The first kappa shape index (κ1) is 13.0. The Hall–Kier alpha value is -2.75. The Morgan fingerprint density at radius 1 is 1.23 bits per heavy atom. The SMILES string of the molecule is CN1CCOc2cc(C=C3C(=O)Nc4ccccc43)ccc21. The normalized spacial score (nSPS) is 17.8. The fourth-order valence-corrected chi connectivity index (χ4v) is 2.91. The number of fused-ring (bicyclic) bond motifs is 2. The number of benzene rings is 2. The van der Waals surface area contributed by atoms with E-state index in [0.29, 0.717) is 12.2 Å². The average molecular weight is 292 g/mol. The number of anilines is 2. The molecule has 22 heavy (non-hydrogen) atoms. The van der Waals surface area contributed by atoms with Crippen LogP contribution in [0.4, 0.5) is 11.4 Å². The second kappa shape index (κ2) is 4.91. The number of nitrogens with one attached hydrogen (secondary N) is 1. The number of hydrogen-bond donors (Lipinski definition) is 1. The molecule has 0 aliphatic carbocycles. The van der Waals surface area contributed by atoms with E-state index in [1.165, 1.54) is 0 Å². The lowest BCUT2D eigenvalue weighted by Crippen LogP contribution is -2.28. The van der Waals surface area contributed by atoms with Crippen molar-refractivity contribution in [3.63, 3.8) is 0 Å². The molecule has 4 nitrogen and oxygen atoms in total. The van der Waals surface area contributed by atoms with Gasteiger partial charge in [0.15, 0.2) is 0 Å². The zero-order valence-electron chi connectivity index (χ0n) is 12.3. The topological polar surface area (TPSA) is 41.6 Å². The van der Waals surface area contributed by atoms with Gasteiger partial charge in [0.25, 0.3) is 5.91 Å². The summed E-state index contributed by atoms with van der Waals surface area (Å²) in [5, 5.41) is 2.89. The minimum absolute atomic E-state index is 0.0584. The van der Waals surface area contributed by atoms with Crippen LogP contribution < -0.4 is 15.0 Å². The van der Waals surface area contributed by atoms with Crippen LogP contribution in [0.15, 0.2) is 42.5 Å². The van der Waals surface area contributed by atoms with E-state index >= 15 is 0 Å². The molecule has 1 N–H and O–H groups in total. The minimum Gasteiger partial charge on any atom is -0.490 e. The summed E-state index contributed by atoms with van der Waals surface area (Å²) in [5.74, 6) is 0.812. The van der Waals surface area contributed by atoms with Crippen LogP contribution in [-0.2, 0) is 4.79 Å². The maximum Gasteiger partial charge on any atom is 0.256 e. The van der Waals surface area contributed by atoms with Crippen molar-refractivity contribution in [1.29, 1.82) is 0 Å². The van der Waals surface area contributed by atoms with Gasteiger partial charge in [-0.05, 0) is 29.8 Å². The monoisotopic (exact) mass is 292 g/mol. The van der Waals surface area contributed by atoms with E-state index in [1.807, 2.05) is 48.5 Å². The van der Waals surface area contributed by atoms with Crippen molar-refractivity contribution in [2.75, 3.05) is 30.4 Å². The van der Waals surface area contributed by atoms with Crippen LogP contribution >= 0.6 is 0 Å². The predicted molar refractivity (Wildman–Crippen MR) is 88.1 cm³/mol. The smallest absolute Gasteiger partial charge is 0.256 e. The van der Waals surface area contributed by atoms with Gasteiger partial charge in [-0.2, -0.15) is 0 Å². The van der Waals surface area contributed by atoms with Gasteiger partial charge in [-0.3, -0.25) is 4.79 Å². The first-order valence-corrected chi connectivity index (χ1v) is 7.33. The molecule has 0 unspecified atom stereocenters. The Kier molecular flexibility index (Phi) is 2.89. The minimum atomic E-state index is -0.0584. The highest BCUT2D eigenvalue weighted by Crippen LogP contribution is 2.35. The third-order valence-electron chi connectivity index (χ3n) is 4.10. The Morgan fingerprint density at radius 3 is 3.00 bits per heavy atom.